The second-order valence-corrected chi connectivity index (χ2v) is 3.48. The van der Waals surface area contributed by atoms with Crippen molar-refractivity contribution in [2.45, 2.75) is 6.54 Å². The van der Waals surface area contributed by atoms with E-state index in [4.69, 9.17) is 11.6 Å². The third-order valence-electron chi connectivity index (χ3n) is 1.43. The van der Waals surface area contributed by atoms with Crippen LogP contribution >= 0.6 is 22.9 Å². The van der Waals surface area contributed by atoms with Gasteiger partial charge in [-0.25, -0.2) is 0 Å². The molecule has 0 unspecified atom stereocenters. The van der Waals surface area contributed by atoms with Gasteiger partial charge >= 0.3 is 0 Å². The Bertz CT molecular complexity index is 218. The molecular formula is C9H12ClNS. The molecule has 0 aliphatic rings. The van der Waals surface area contributed by atoms with E-state index in [0.29, 0.717) is 5.88 Å². The van der Waals surface area contributed by atoms with Crippen molar-refractivity contribution in [1.29, 1.82) is 0 Å². The minimum absolute atomic E-state index is 0.597. The molecule has 66 valence electrons. The molecule has 1 aromatic rings. The van der Waals surface area contributed by atoms with Crippen molar-refractivity contribution < 1.29 is 0 Å². The van der Waals surface area contributed by atoms with Gasteiger partial charge in [0, 0.05) is 19.0 Å². The van der Waals surface area contributed by atoms with Crippen molar-refractivity contribution in [2.24, 2.45) is 0 Å². The number of alkyl halides is 1. The highest BCUT2D eigenvalue weighted by atomic mass is 35.5. The molecule has 0 spiro atoms. The van der Waals surface area contributed by atoms with Crippen LogP contribution in [-0.2, 0) is 6.54 Å². The predicted molar refractivity (Wildman–Crippen MR) is 55.9 cm³/mol. The molecular weight excluding hydrogens is 190 g/mol. The topological polar surface area (TPSA) is 12.0 Å². The van der Waals surface area contributed by atoms with Gasteiger partial charge in [0.1, 0.15) is 0 Å². The lowest BCUT2D eigenvalue weighted by atomic mass is 10.3. The van der Waals surface area contributed by atoms with Crippen LogP contribution in [0.25, 0.3) is 0 Å². The van der Waals surface area contributed by atoms with Crippen LogP contribution in [0.5, 0.6) is 0 Å². The average molecular weight is 202 g/mol. The van der Waals surface area contributed by atoms with Gasteiger partial charge in [-0.05, 0) is 22.4 Å². The molecule has 12 heavy (non-hydrogen) atoms. The number of nitrogens with one attached hydrogen (secondary N) is 1. The van der Waals surface area contributed by atoms with E-state index < -0.39 is 0 Å². The van der Waals surface area contributed by atoms with Crippen molar-refractivity contribution in [3.8, 4) is 0 Å². The maximum absolute atomic E-state index is 5.47. The standard InChI is InChI=1S/C9H12ClNS/c10-4-1-2-5-11-7-9-3-6-12-8-9/h1-3,6,8,11H,4-5,7H2/b2-1+. The normalized spacial score (nSPS) is 11.1. The lowest BCUT2D eigenvalue weighted by molar-refractivity contribution is 0.761. The fourth-order valence-corrected chi connectivity index (χ4v) is 1.63. The number of thiophene rings is 1. The first-order valence-corrected chi connectivity index (χ1v) is 5.34. The molecule has 0 fully saturated rings. The molecule has 0 saturated carbocycles. The highest BCUT2D eigenvalue weighted by Crippen LogP contribution is 2.04. The Hall–Kier alpha value is -0.310. The largest absolute Gasteiger partial charge is 0.309 e. The summed E-state index contributed by atoms with van der Waals surface area (Å²) in [6, 6.07) is 2.13. The van der Waals surface area contributed by atoms with Crippen LogP contribution in [0.4, 0.5) is 0 Å². The molecule has 0 saturated heterocycles. The quantitative estimate of drug-likeness (QED) is 0.439. The van der Waals surface area contributed by atoms with Gasteiger partial charge in [0.05, 0.1) is 0 Å². The zero-order valence-corrected chi connectivity index (χ0v) is 8.37. The Morgan fingerprint density at radius 2 is 2.42 bits per heavy atom. The summed E-state index contributed by atoms with van der Waals surface area (Å²) in [5.41, 5.74) is 1.35. The van der Waals surface area contributed by atoms with Crippen molar-refractivity contribution in [2.75, 3.05) is 12.4 Å². The van der Waals surface area contributed by atoms with Gasteiger partial charge in [-0.15, -0.1) is 11.6 Å². The van der Waals surface area contributed by atoms with Crippen LogP contribution in [0.3, 0.4) is 0 Å². The van der Waals surface area contributed by atoms with Crippen LogP contribution in [-0.4, -0.2) is 12.4 Å². The minimum Gasteiger partial charge on any atom is -0.309 e. The lowest BCUT2D eigenvalue weighted by Gasteiger charge is -1.97. The number of hydrogen-bond donors (Lipinski definition) is 1. The van der Waals surface area contributed by atoms with Crippen LogP contribution < -0.4 is 5.32 Å². The summed E-state index contributed by atoms with van der Waals surface area (Å²) < 4.78 is 0. The summed E-state index contributed by atoms with van der Waals surface area (Å²) >= 11 is 7.20. The number of halogens is 1. The third-order valence-corrected chi connectivity index (χ3v) is 2.34. The number of hydrogen-bond acceptors (Lipinski definition) is 2. The summed E-state index contributed by atoms with van der Waals surface area (Å²) in [6.07, 6.45) is 3.99. The molecule has 0 amide bonds. The van der Waals surface area contributed by atoms with Crippen molar-refractivity contribution in [3.63, 3.8) is 0 Å². The Balaban J connectivity index is 2.07. The molecule has 1 heterocycles. The van der Waals surface area contributed by atoms with Crippen LogP contribution in [0.2, 0.25) is 0 Å². The highest BCUT2D eigenvalue weighted by Gasteiger charge is 1.88. The van der Waals surface area contributed by atoms with Crippen LogP contribution in [0.15, 0.2) is 29.0 Å². The Morgan fingerprint density at radius 3 is 3.08 bits per heavy atom. The molecule has 0 aromatic carbocycles. The monoisotopic (exact) mass is 201 g/mol. The average Bonchev–Trinajstić information content (AvgIpc) is 2.57. The first kappa shape index (κ1) is 9.78. The van der Waals surface area contributed by atoms with Gasteiger partial charge in [-0.3, -0.25) is 0 Å². The molecule has 0 aliphatic carbocycles. The van der Waals surface area contributed by atoms with Gasteiger partial charge in [-0.1, -0.05) is 12.2 Å². The SMILES string of the molecule is ClC/C=C/CNCc1ccsc1. The smallest absolute Gasteiger partial charge is 0.0404 e. The number of rotatable bonds is 5. The van der Waals surface area contributed by atoms with Gasteiger partial charge in [0.2, 0.25) is 0 Å². The lowest BCUT2D eigenvalue weighted by Crippen LogP contribution is -2.11. The van der Waals surface area contributed by atoms with E-state index in [1.165, 1.54) is 5.56 Å². The van der Waals surface area contributed by atoms with Crippen molar-refractivity contribution in [1.82, 2.24) is 5.32 Å². The fourth-order valence-electron chi connectivity index (χ4n) is 0.839. The van der Waals surface area contributed by atoms with Gasteiger partial charge in [-0.2, -0.15) is 11.3 Å². The summed E-state index contributed by atoms with van der Waals surface area (Å²) in [6.45, 7) is 1.83. The van der Waals surface area contributed by atoms with E-state index in [-0.39, 0.29) is 0 Å². The van der Waals surface area contributed by atoms with Gasteiger partial charge in [0.25, 0.3) is 0 Å². The Kier molecular flexibility index (Phi) is 5.08. The molecule has 0 radical (unpaired) electrons. The maximum Gasteiger partial charge on any atom is 0.0404 e. The zero-order valence-electron chi connectivity index (χ0n) is 6.79. The second kappa shape index (κ2) is 6.23. The third kappa shape index (κ3) is 3.90. The van der Waals surface area contributed by atoms with Crippen LogP contribution in [0, 0.1) is 0 Å². The first-order valence-electron chi connectivity index (χ1n) is 3.86. The summed E-state index contributed by atoms with van der Waals surface area (Å²) in [5.74, 6) is 0.597. The van der Waals surface area contributed by atoms with E-state index in [9.17, 15) is 0 Å². The first-order chi connectivity index (χ1) is 5.93. The van der Waals surface area contributed by atoms with Crippen molar-refractivity contribution >= 4 is 22.9 Å². The summed E-state index contributed by atoms with van der Waals surface area (Å²) in [4.78, 5) is 0. The Morgan fingerprint density at radius 1 is 1.50 bits per heavy atom. The molecule has 1 nitrogen and oxygen atoms in total. The minimum atomic E-state index is 0.597. The van der Waals surface area contributed by atoms with Crippen LogP contribution in [0.1, 0.15) is 5.56 Å². The Labute approximate surface area is 82.1 Å². The molecule has 1 N–H and O–H groups in total. The van der Waals surface area contributed by atoms with Gasteiger partial charge in [0.15, 0.2) is 0 Å². The van der Waals surface area contributed by atoms with E-state index in [0.717, 1.165) is 13.1 Å². The molecule has 0 aliphatic heterocycles. The number of allylic oxidation sites excluding steroid dienone is 1. The molecule has 0 atom stereocenters. The second-order valence-electron chi connectivity index (χ2n) is 2.39. The van der Waals surface area contributed by atoms with Crippen molar-refractivity contribution in [3.05, 3.63) is 34.5 Å². The molecule has 0 bridgehead atoms. The zero-order chi connectivity index (χ0) is 8.65. The van der Waals surface area contributed by atoms with E-state index in [1.807, 2.05) is 12.2 Å². The molecule has 1 rings (SSSR count). The fraction of sp³-hybridized carbons (Fsp3) is 0.333. The molecule has 3 heteroatoms. The summed E-state index contributed by atoms with van der Waals surface area (Å²) in [5, 5.41) is 7.52. The van der Waals surface area contributed by atoms with Gasteiger partial charge < -0.3 is 5.32 Å². The van der Waals surface area contributed by atoms with E-state index in [1.54, 1.807) is 11.3 Å². The van der Waals surface area contributed by atoms with E-state index in [2.05, 4.69) is 22.1 Å². The predicted octanol–water partition coefficient (Wildman–Crippen LogP) is 2.63. The molecule has 1 aromatic heterocycles. The maximum atomic E-state index is 5.47. The highest BCUT2D eigenvalue weighted by molar-refractivity contribution is 7.07. The van der Waals surface area contributed by atoms with E-state index >= 15 is 0 Å². The summed E-state index contributed by atoms with van der Waals surface area (Å²) in [7, 11) is 0.